The van der Waals surface area contributed by atoms with Gasteiger partial charge in [0.1, 0.15) is 17.4 Å². The molecule has 0 saturated heterocycles. The molecular formula is C20H22N2O3. The van der Waals surface area contributed by atoms with Gasteiger partial charge in [-0.2, -0.15) is 5.26 Å². The van der Waals surface area contributed by atoms with Crippen LogP contribution in [0.25, 0.3) is 0 Å². The maximum Gasteiger partial charge on any atom is 0.242 e. The zero-order chi connectivity index (χ0) is 18.4. The van der Waals surface area contributed by atoms with Crippen LogP contribution >= 0.6 is 0 Å². The molecule has 1 atom stereocenters. The highest BCUT2D eigenvalue weighted by atomic mass is 16.5. The number of hydrogen-bond acceptors (Lipinski definition) is 4. The van der Waals surface area contributed by atoms with E-state index in [9.17, 15) is 10.1 Å². The van der Waals surface area contributed by atoms with Crippen molar-refractivity contribution in [3.8, 4) is 17.6 Å². The maximum absolute atomic E-state index is 12.5. The number of anilines is 1. The topological polar surface area (TPSA) is 71.3 Å². The van der Waals surface area contributed by atoms with E-state index in [-0.39, 0.29) is 12.3 Å². The molecule has 0 saturated carbocycles. The van der Waals surface area contributed by atoms with E-state index in [2.05, 4.69) is 11.4 Å². The van der Waals surface area contributed by atoms with Gasteiger partial charge in [0.25, 0.3) is 0 Å². The van der Waals surface area contributed by atoms with Gasteiger partial charge in [-0.3, -0.25) is 4.79 Å². The van der Waals surface area contributed by atoms with Gasteiger partial charge in [-0.05, 0) is 37.1 Å². The molecule has 0 radical (unpaired) electrons. The standard InChI is InChI=1S/C20H22N2O3/c1-13-5-8-18(14(2)9-13)22-20(23)16(12-21)10-15-6-7-17(24-3)11-19(15)25-4/h5-9,11,16H,10H2,1-4H3,(H,22,23)/t16-/m1/s1. The zero-order valence-corrected chi connectivity index (χ0v) is 14.9. The fourth-order valence-electron chi connectivity index (χ4n) is 2.61. The largest absolute Gasteiger partial charge is 0.497 e. The smallest absolute Gasteiger partial charge is 0.242 e. The third kappa shape index (κ3) is 4.51. The first kappa shape index (κ1) is 18.3. The van der Waals surface area contributed by atoms with Crippen molar-refractivity contribution in [2.24, 2.45) is 5.92 Å². The summed E-state index contributed by atoms with van der Waals surface area (Å²) in [5, 5.41) is 12.3. The summed E-state index contributed by atoms with van der Waals surface area (Å²) in [7, 11) is 3.12. The molecule has 0 aliphatic carbocycles. The maximum atomic E-state index is 12.5. The number of methoxy groups -OCH3 is 2. The second kappa shape index (κ2) is 8.20. The third-order valence-corrected chi connectivity index (χ3v) is 4.03. The minimum atomic E-state index is -0.817. The molecule has 0 fully saturated rings. The molecule has 0 aromatic heterocycles. The lowest BCUT2D eigenvalue weighted by atomic mass is 9.98. The van der Waals surface area contributed by atoms with Gasteiger partial charge in [-0.25, -0.2) is 0 Å². The summed E-state index contributed by atoms with van der Waals surface area (Å²) in [6.07, 6.45) is 0.264. The number of ether oxygens (including phenoxy) is 2. The van der Waals surface area contributed by atoms with E-state index in [0.717, 1.165) is 22.4 Å². The molecule has 1 amide bonds. The summed E-state index contributed by atoms with van der Waals surface area (Å²) in [5.74, 6) is 0.114. The predicted molar refractivity (Wildman–Crippen MR) is 96.9 cm³/mol. The van der Waals surface area contributed by atoms with Crippen molar-refractivity contribution >= 4 is 11.6 Å². The molecule has 25 heavy (non-hydrogen) atoms. The average Bonchev–Trinajstić information content (AvgIpc) is 2.61. The molecule has 5 heteroatoms. The average molecular weight is 338 g/mol. The molecule has 2 rings (SSSR count). The Balaban J connectivity index is 2.17. The van der Waals surface area contributed by atoms with Crippen LogP contribution in [0.4, 0.5) is 5.69 Å². The molecular weight excluding hydrogens is 316 g/mol. The fraction of sp³-hybridized carbons (Fsp3) is 0.300. The van der Waals surface area contributed by atoms with E-state index in [1.807, 2.05) is 38.1 Å². The summed E-state index contributed by atoms with van der Waals surface area (Å²) < 4.78 is 10.5. The minimum Gasteiger partial charge on any atom is -0.497 e. The van der Waals surface area contributed by atoms with Gasteiger partial charge < -0.3 is 14.8 Å². The normalized spacial score (nSPS) is 11.3. The van der Waals surface area contributed by atoms with Crippen molar-refractivity contribution < 1.29 is 14.3 Å². The Kier molecular flexibility index (Phi) is 6.02. The first-order valence-electron chi connectivity index (χ1n) is 7.97. The van der Waals surface area contributed by atoms with Gasteiger partial charge in [0.2, 0.25) is 5.91 Å². The lowest BCUT2D eigenvalue weighted by Crippen LogP contribution is -2.24. The molecule has 0 spiro atoms. The first-order valence-corrected chi connectivity index (χ1v) is 7.97. The first-order chi connectivity index (χ1) is 12.0. The van der Waals surface area contributed by atoms with E-state index in [0.29, 0.717) is 11.5 Å². The van der Waals surface area contributed by atoms with Crippen LogP contribution in [0.2, 0.25) is 0 Å². The number of amides is 1. The Bertz CT molecular complexity index is 809. The summed E-state index contributed by atoms with van der Waals surface area (Å²) in [6, 6.07) is 13.2. The Morgan fingerprint density at radius 1 is 1.16 bits per heavy atom. The molecule has 5 nitrogen and oxygen atoms in total. The van der Waals surface area contributed by atoms with Crippen molar-refractivity contribution in [2.75, 3.05) is 19.5 Å². The molecule has 0 bridgehead atoms. The summed E-state index contributed by atoms with van der Waals surface area (Å²) >= 11 is 0. The van der Waals surface area contributed by atoms with Crippen molar-refractivity contribution in [1.29, 1.82) is 5.26 Å². The third-order valence-electron chi connectivity index (χ3n) is 4.03. The minimum absolute atomic E-state index is 0.264. The Hall–Kier alpha value is -3.00. The predicted octanol–water partition coefficient (Wildman–Crippen LogP) is 3.64. The molecule has 0 heterocycles. The van der Waals surface area contributed by atoms with Crippen LogP contribution < -0.4 is 14.8 Å². The van der Waals surface area contributed by atoms with E-state index in [4.69, 9.17) is 9.47 Å². The van der Waals surface area contributed by atoms with Gasteiger partial charge in [-0.15, -0.1) is 0 Å². The second-order valence-electron chi connectivity index (χ2n) is 5.87. The van der Waals surface area contributed by atoms with Crippen LogP contribution in [0.5, 0.6) is 11.5 Å². The van der Waals surface area contributed by atoms with Crippen LogP contribution in [-0.2, 0) is 11.2 Å². The lowest BCUT2D eigenvalue weighted by molar-refractivity contribution is -0.118. The van der Waals surface area contributed by atoms with Crippen LogP contribution in [-0.4, -0.2) is 20.1 Å². The Morgan fingerprint density at radius 2 is 1.92 bits per heavy atom. The second-order valence-corrected chi connectivity index (χ2v) is 5.87. The van der Waals surface area contributed by atoms with Crippen molar-refractivity contribution in [1.82, 2.24) is 0 Å². The summed E-state index contributed by atoms with van der Waals surface area (Å²) in [4.78, 5) is 12.5. The molecule has 2 aromatic carbocycles. The van der Waals surface area contributed by atoms with E-state index >= 15 is 0 Å². The Morgan fingerprint density at radius 3 is 2.52 bits per heavy atom. The number of nitriles is 1. The SMILES string of the molecule is COc1ccc(C[C@H](C#N)C(=O)Nc2ccc(C)cc2C)c(OC)c1. The van der Waals surface area contributed by atoms with Gasteiger partial charge in [0.15, 0.2) is 0 Å². The van der Waals surface area contributed by atoms with E-state index in [1.165, 1.54) is 0 Å². The van der Waals surface area contributed by atoms with Gasteiger partial charge in [0.05, 0.1) is 20.3 Å². The highest BCUT2D eigenvalue weighted by Gasteiger charge is 2.21. The van der Waals surface area contributed by atoms with Gasteiger partial charge in [0, 0.05) is 18.2 Å². The molecule has 0 unspecified atom stereocenters. The molecule has 0 aliphatic rings. The monoisotopic (exact) mass is 338 g/mol. The molecule has 0 aliphatic heterocycles. The molecule has 1 N–H and O–H groups in total. The highest BCUT2D eigenvalue weighted by molar-refractivity contribution is 5.95. The van der Waals surface area contributed by atoms with Crippen molar-refractivity contribution in [3.05, 3.63) is 53.1 Å². The lowest BCUT2D eigenvalue weighted by Gasteiger charge is -2.15. The highest BCUT2D eigenvalue weighted by Crippen LogP contribution is 2.27. The summed E-state index contributed by atoms with van der Waals surface area (Å²) in [6.45, 7) is 3.92. The summed E-state index contributed by atoms with van der Waals surface area (Å²) in [5.41, 5.74) is 3.59. The molecule has 2 aromatic rings. The zero-order valence-electron chi connectivity index (χ0n) is 14.9. The fourth-order valence-corrected chi connectivity index (χ4v) is 2.61. The molecule has 130 valence electrons. The quantitative estimate of drug-likeness (QED) is 0.873. The van der Waals surface area contributed by atoms with E-state index < -0.39 is 5.92 Å². The number of nitrogens with zero attached hydrogens (tertiary/aromatic N) is 1. The van der Waals surface area contributed by atoms with Gasteiger partial charge >= 0.3 is 0 Å². The Labute approximate surface area is 148 Å². The van der Waals surface area contributed by atoms with Gasteiger partial charge in [-0.1, -0.05) is 23.8 Å². The number of aryl methyl sites for hydroxylation is 2. The van der Waals surface area contributed by atoms with Crippen LogP contribution in [0, 0.1) is 31.1 Å². The number of benzene rings is 2. The van der Waals surface area contributed by atoms with Crippen molar-refractivity contribution in [3.63, 3.8) is 0 Å². The number of carbonyl (C=O) groups is 1. The van der Waals surface area contributed by atoms with Crippen LogP contribution in [0.15, 0.2) is 36.4 Å². The number of rotatable bonds is 6. The van der Waals surface area contributed by atoms with Crippen molar-refractivity contribution in [2.45, 2.75) is 20.3 Å². The number of carbonyl (C=O) groups excluding carboxylic acids is 1. The number of nitrogens with one attached hydrogen (secondary N) is 1. The van der Waals surface area contributed by atoms with Crippen LogP contribution in [0.1, 0.15) is 16.7 Å². The van der Waals surface area contributed by atoms with Crippen LogP contribution in [0.3, 0.4) is 0 Å². The van der Waals surface area contributed by atoms with E-state index in [1.54, 1.807) is 26.4 Å². The number of hydrogen-bond donors (Lipinski definition) is 1.